The van der Waals surface area contributed by atoms with E-state index in [1.807, 2.05) is 18.5 Å². The van der Waals surface area contributed by atoms with Crippen LogP contribution in [0.4, 0.5) is 0 Å². The van der Waals surface area contributed by atoms with E-state index in [1.54, 1.807) is 0 Å². The summed E-state index contributed by atoms with van der Waals surface area (Å²) in [6.45, 7) is 1.05. The fourth-order valence-electron chi connectivity index (χ4n) is 3.59. The van der Waals surface area contributed by atoms with Gasteiger partial charge < -0.3 is 0 Å². The van der Waals surface area contributed by atoms with Gasteiger partial charge in [-0.25, -0.2) is 9.97 Å². The highest BCUT2D eigenvalue weighted by atomic mass is 15.2. The molecule has 2 aromatic rings. The van der Waals surface area contributed by atoms with Crippen LogP contribution < -0.4 is 0 Å². The van der Waals surface area contributed by atoms with Crippen LogP contribution in [0, 0.1) is 0 Å². The number of rotatable bonds is 3. The van der Waals surface area contributed by atoms with Crippen LogP contribution in [0.1, 0.15) is 30.7 Å². The monoisotopic (exact) mass is 277 g/mol. The molecule has 4 rings (SSSR count). The van der Waals surface area contributed by atoms with E-state index in [9.17, 15) is 0 Å². The van der Waals surface area contributed by atoms with Crippen LogP contribution in [0.25, 0.3) is 5.57 Å². The molecule has 2 atom stereocenters. The Labute approximate surface area is 125 Å². The van der Waals surface area contributed by atoms with Gasteiger partial charge in [-0.15, -0.1) is 0 Å². The molecule has 0 radical (unpaired) electrons. The molecular weight excluding hydrogens is 258 g/mol. The van der Waals surface area contributed by atoms with Crippen molar-refractivity contribution in [3.63, 3.8) is 0 Å². The van der Waals surface area contributed by atoms with E-state index in [2.05, 4.69) is 51.3 Å². The smallest absolute Gasteiger partial charge is 0.154 e. The van der Waals surface area contributed by atoms with E-state index in [1.165, 1.54) is 24.0 Å². The van der Waals surface area contributed by atoms with E-state index in [0.717, 1.165) is 18.8 Å². The zero-order valence-corrected chi connectivity index (χ0v) is 12.0. The standard InChI is InChI=1S/C18H19N3/c1-2-5-14(6-3-1)13-21-16-7-8-17(21)12-15(11-16)18-19-9-4-10-20-18/h1-6,9-11,16-17H,7-8,12-13H2. The third kappa shape index (κ3) is 2.49. The maximum absolute atomic E-state index is 4.41. The highest BCUT2D eigenvalue weighted by Gasteiger charge is 2.36. The van der Waals surface area contributed by atoms with Crippen molar-refractivity contribution in [1.29, 1.82) is 0 Å². The maximum atomic E-state index is 4.41. The van der Waals surface area contributed by atoms with Crippen LogP contribution in [0.2, 0.25) is 0 Å². The number of hydrogen-bond acceptors (Lipinski definition) is 3. The Morgan fingerprint density at radius 2 is 1.81 bits per heavy atom. The van der Waals surface area contributed by atoms with Gasteiger partial charge in [0.1, 0.15) is 0 Å². The van der Waals surface area contributed by atoms with Crippen molar-refractivity contribution < 1.29 is 0 Å². The second-order valence-corrected chi connectivity index (χ2v) is 5.92. The predicted molar refractivity (Wildman–Crippen MR) is 83.4 cm³/mol. The summed E-state index contributed by atoms with van der Waals surface area (Å²) in [5.74, 6) is 0.911. The van der Waals surface area contributed by atoms with Crippen molar-refractivity contribution in [3.8, 4) is 0 Å². The molecule has 1 aromatic carbocycles. The van der Waals surface area contributed by atoms with Crippen LogP contribution in [0.5, 0.6) is 0 Å². The van der Waals surface area contributed by atoms with Gasteiger partial charge in [-0.1, -0.05) is 36.4 Å². The summed E-state index contributed by atoms with van der Waals surface area (Å²) < 4.78 is 0. The molecule has 1 aromatic heterocycles. The Kier molecular flexibility index (Phi) is 3.28. The van der Waals surface area contributed by atoms with Crippen LogP contribution >= 0.6 is 0 Å². The Balaban J connectivity index is 1.57. The van der Waals surface area contributed by atoms with Crippen LogP contribution in [0.15, 0.2) is 54.9 Å². The van der Waals surface area contributed by atoms with Gasteiger partial charge in [0.15, 0.2) is 5.82 Å². The summed E-state index contributed by atoms with van der Waals surface area (Å²) in [7, 11) is 0. The number of aromatic nitrogens is 2. The van der Waals surface area contributed by atoms with Crippen molar-refractivity contribution in [2.45, 2.75) is 37.9 Å². The molecule has 0 N–H and O–H groups in total. The highest BCUT2D eigenvalue weighted by Crippen LogP contribution is 2.38. The van der Waals surface area contributed by atoms with Crippen molar-refractivity contribution in [2.75, 3.05) is 0 Å². The first-order chi connectivity index (χ1) is 10.4. The van der Waals surface area contributed by atoms with Crippen molar-refractivity contribution >= 4 is 5.57 Å². The first-order valence-electron chi connectivity index (χ1n) is 7.68. The molecule has 2 bridgehead atoms. The SMILES string of the molecule is C1=C(c2ncccn2)CC2CCC1N2Cc1ccccc1. The number of hydrogen-bond donors (Lipinski definition) is 0. The molecule has 3 heteroatoms. The van der Waals surface area contributed by atoms with Gasteiger partial charge in [-0.05, 0) is 36.5 Å². The van der Waals surface area contributed by atoms with Gasteiger partial charge in [0.05, 0.1) is 0 Å². The average Bonchev–Trinajstić information content (AvgIpc) is 2.78. The molecule has 0 amide bonds. The molecule has 3 heterocycles. The van der Waals surface area contributed by atoms with Crippen LogP contribution in [-0.2, 0) is 6.54 Å². The predicted octanol–water partition coefficient (Wildman–Crippen LogP) is 3.30. The lowest BCUT2D eigenvalue weighted by Gasteiger charge is -2.33. The van der Waals surface area contributed by atoms with Gasteiger partial charge in [0.25, 0.3) is 0 Å². The zero-order chi connectivity index (χ0) is 14.1. The van der Waals surface area contributed by atoms with Gasteiger partial charge >= 0.3 is 0 Å². The fourth-order valence-corrected chi connectivity index (χ4v) is 3.59. The topological polar surface area (TPSA) is 29.0 Å². The quantitative estimate of drug-likeness (QED) is 0.862. The molecule has 21 heavy (non-hydrogen) atoms. The van der Waals surface area contributed by atoms with Gasteiger partial charge in [-0.3, -0.25) is 4.90 Å². The van der Waals surface area contributed by atoms with Crippen molar-refractivity contribution in [2.24, 2.45) is 0 Å². The molecule has 2 aliphatic rings. The van der Waals surface area contributed by atoms with Crippen LogP contribution in [-0.4, -0.2) is 27.0 Å². The molecule has 2 aliphatic heterocycles. The first-order valence-corrected chi connectivity index (χ1v) is 7.68. The van der Waals surface area contributed by atoms with E-state index in [0.29, 0.717) is 12.1 Å². The summed E-state index contributed by atoms with van der Waals surface area (Å²) in [5.41, 5.74) is 2.73. The average molecular weight is 277 g/mol. The molecule has 3 nitrogen and oxygen atoms in total. The molecule has 106 valence electrons. The largest absolute Gasteiger partial charge is 0.289 e. The normalized spacial score (nSPS) is 24.9. The highest BCUT2D eigenvalue weighted by molar-refractivity contribution is 5.62. The minimum Gasteiger partial charge on any atom is -0.289 e. The maximum Gasteiger partial charge on any atom is 0.154 e. The Morgan fingerprint density at radius 1 is 1.00 bits per heavy atom. The van der Waals surface area contributed by atoms with E-state index in [4.69, 9.17) is 0 Å². The van der Waals surface area contributed by atoms with Gasteiger partial charge in [0.2, 0.25) is 0 Å². The van der Waals surface area contributed by atoms with E-state index in [-0.39, 0.29) is 0 Å². The molecule has 2 unspecified atom stereocenters. The number of fused-ring (bicyclic) bond motifs is 2. The summed E-state index contributed by atoms with van der Waals surface area (Å²) in [4.78, 5) is 11.5. The van der Waals surface area contributed by atoms with E-state index >= 15 is 0 Å². The second kappa shape index (κ2) is 5.41. The Morgan fingerprint density at radius 3 is 2.57 bits per heavy atom. The molecule has 1 fully saturated rings. The van der Waals surface area contributed by atoms with E-state index < -0.39 is 0 Å². The minimum absolute atomic E-state index is 0.544. The minimum atomic E-state index is 0.544. The summed E-state index contributed by atoms with van der Waals surface area (Å²) in [5, 5.41) is 0. The first kappa shape index (κ1) is 12.7. The third-order valence-electron chi connectivity index (χ3n) is 4.60. The van der Waals surface area contributed by atoms with Gasteiger partial charge in [-0.2, -0.15) is 0 Å². The Hall–Kier alpha value is -2.00. The Bertz CT molecular complexity index is 636. The lowest BCUT2D eigenvalue weighted by molar-refractivity contribution is 0.203. The third-order valence-corrected chi connectivity index (χ3v) is 4.60. The fraction of sp³-hybridized carbons (Fsp3) is 0.333. The zero-order valence-electron chi connectivity index (χ0n) is 12.0. The molecule has 0 saturated carbocycles. The number of benzene rings is 1. The summed E-state index contributed by atoms with van der Waals surface area (Å²) >= 11 is 0. The summed E-state index contributed by atoms with van der Waals surface area (Å²) in [6.07, 6.45) is 9.68. The lowest BCUT2D eigenvalue weighted by Crippen LogP contribution is -2.37. The molecule has 0 aliphatic carbocycles. The van der Waals surface area contributed by atoms with Crippen molar-refractivity contribution in [3.05, 3.63) is 66.3 Å². The summed E-state index contributed by atoms with van der Waals surface area (Å²) in [6, 6.07) is 13.8. The van der Waals surface area contributed by atoms with Crippen LogP contribution in [0.3, 0.4) is 0 Å². The number of nitrogens with zero attached hydrogens (tertiary/aromatic N) is 3. The second-order valence-electron chi connectivity index (χ2n) is 5.92. The molecule has 0 spiro atoms. The van der Waals surface area contributed by atoms with Gasteiger partial charge in [0, 0.05) is 31.0 Å². The molecule has 1 saturated heterocycles. The lowest BCUT2D eigenvalue weighted by atomic mass is 9.99. The van der Waals surface area contributed by atoms with Crippen molar-refractivity contribution in [1.82, 2.24) is 14.9 Å². The molecular formula is C18H19N3.